The molecule has 5 nitrogen and oxygen atoms in total. The van der Waals surface area contributed by atoms with Gasteiger partial charge in [0.25, 0.3) is 0 Å². The largest absolute Gasteiger partial charge is 0.497 e. The van der Waals surface area contributed by atoms with Gasteiger partial charge in [0.2, 0.25) is 0 Å². The van der Waals surface area contributed by atoms with Crippen molar-refractivity contribution in [2.24, 2.45) is 0 Å². The average molecular weight is 483 g/mol. The van der Waals surface area contributed by atoms with E-state index in [0.717, 1.165) is 34.6 Å². The highest BCUT2D eigenvalue weighted by Gasteiger charge is 2.25. The Morgan fingerprint density at radius 1 is 0.848 bits per heavy atom. The fraction of sp³-hybridized carbons (Fsp3) is 0.308. The molecule has 2 aliphatic heterocycles. The van der Waals surface area contributed by atoms with Crippen molar-refractivity contribution in [2.75, 3.05) is 30.0 Å². The van der Waals surface area contributed by atoms with Crippen molar-refractivity contribution in [2.45, 2.75) is 44.4 Å². The van der Waals surface area contributed by atoms with Gasteiger partial charge in [0.05, 0.1) is 28.5 Å². The third-order valence-corrected chi connectivity index (χ3v) is 7.33. The van der Waals surface area contributed by atoms with Crippen LogP contribution in [0.5, 0.6) is 5.75 Å². The molecule has 0 fully saturated rings. The first kappa shape index (κ1) is 25.0. The number of nitrogens with zero attached hydrogens (tertiary/aromatic N) is 2. The summed E-state index contributed by atoms with van der Waals surface area (Å²) in [6.07, 6.45) is 3.39. The van der Waals surface area contributed by atoms with E-state index in [1.165, 1.54) is 21.0 Å². The lowest BCUT2D eigenvalue weighted by molar-refractivity contribution is -0.113. The van der Waals surface area contributed by atoms with E-state index in [2.05, 4.69) is 48.8 Å². The summed E-state index contributed by atoms with van der Waals surface area (Å²) >= 11 is 3.30. The predicted octanol–water partition coefficient (Wildman–Crippen LogP) is 6.42. The number of thioether (sulfide) groups is 2. The van der Waals surface area contributed by atoms with Gasteiger partial charge >= 0.3 is 0 Å². The summed E-state index contributed by atoms with van der Waals surface area (Å²) in [5, 5.41) is 2.03. The van der Waals surface area contributed by atoms with Crippen molar-refractivity contribution in [3.05, 3.63) is 64.2 Å². The first-order valence-corrected chi connectivity index (χ1v) is 12.5. The molecule has 2 aromatic rings. The molecule has 0 aliphatic carbocycles. The van der Waals surface area contributed by atoms with E-state index >= 15 is 0 Å². The van der Waals surface area contributed by atoms with E-state index in [1.54, 1.807) is 56.6 Å². The Labute approximate surface area is 204 Å². The minimum Gasteiger partial charge on any atom is -0.497 e. The van der Waals surface area contributed by atoms with Crippen LogP contribution in [-0.4, -0.2) is 31.8 Å². The van der Waals surface area contributed by atoms with E-state index in [4.69, 9.17) is 4.74 Å². The predicted molar refractivity (Wildman–Crippen MR) is 139 cm³/mol. The number of hydrogen-bond acceptors (Lipinski definition) is 7. The highest BCUT2D eigenvalue weighted by Crippen LogP contribution is 2.47. The molecule has 0 spiro atoms. The Balaban J connectivity index is 0.000000186. The maximum Gasteiger partial charge on any atom is 0.155 e. The van der Waals surface area contributed by atoms with Gasteiger partial charge < -0.3 is 14.5 Å². The van der Waals surface area contributed by atoms with Gasteiger partial charge in [-0.05, 0) is 64.4 Å². The van der Waals surface area contributed by atoms with E-state index in [0.29, 0.717) is 0 Å². The minimum atomic E-state index is 0.0747. The lowest BCUT2D eigenvalue weighted by atomic mass is 10.2. The van der Waals surface area contributed by atoms with E-state index in [1.807, 2.05) is 18.2 Å². The number of allylic oxidation sites excluding steroid dienone is 2. The van der Waals surface area contributed by atoms with Gasteiger partial charge in [0, 0.05) is 41.1 Å². The summed E-state index contributed by atoms with van der Waals surface area (Å²) in [5.41, 5.74) is 3.59. The standard InChI is InChI=1S/C13H15NO2S.C13H15NOS/c1-4-14-11-8-10(16-3)5-6-12(11)17-13(14)7-9(2)15;1-4-14-11-7-9(2)5-6-12(11)16-13(14)8-10(3)15/h5-8H,4H2,1-3H3;5-8H,4H2,1-3H3/b13-7-;13-8-. The number of rotatable bonds is 5. The van der Waals surface area contributed by atoms with Crippen LogP contribution in [0.15, 0.2) is 68.4 Å². The Kier molecular flexibility index (Phi) is 8.32. The molecule has 0 saturated heterocycles. The second kappa shape index (κ2) is 11.0. The number of ether oxygens (including phenoxy) is 1. The van der Waals surface area contributed by atoms with Crippen molar-refractivity contribution < 1.29 is 14.3 Å². The third-order valence-electron chi connectivity index (χ3n) is 5.11. The van der Waals surface area contributed by atoms with E-state index < -0.39 is 0 Å². The molecule has 0 bridgehead atoms. The summed E-state index contributed by atoms with van der Waals surface area (Å²) in [4.78, 5) is 29.1. The quantitative estimate of drug-likeness (QED) is 0.456. The summed E-state index contributed by atoms with van der Waals surface area (Å²) in [5.74, 6) is 1.02. The molecule has 0 amide bonds. The van der Waals surface area contributed by atoms with E-state index in [-0.39, 0.29) is 11.6 Å². The number of ketones is 2. The molecule has 2 aliphatic rings. The summed E-state index contributed by atoms with van der Waals surface area (Å²) in [7, 11) is 1.66. The number of aryl methyl sites for hydroxylation is 1. The Bertz CT molecular complexity index is 1120. The van der Waals surface area contributed by atoms with Gasteiger partial charge in [-0.25, -0.2) is 0 Å². The van der Waals surface area contributed by atoms with Gasteiger partial charge in [-0.3, -0.25) is 9.59 Å². The number of carbonyl (C=O) groups is 2. The van der Waals surface area contributed by atoms with Crippen LogP contribution in [0.1, 0.15) is 33.3 Å². The normalized spacial score (nSPS) is 16.4. The lowest BCUT2D eigenvalue weighted by Crippen LogP contribution is -2.17. The maximum atomic E-state index is 11.2. The van der Waals surface area contributed by atoms with Crippen molar-refractivity contribution in [1.82, 2.24) is 0 Å². The zero-order valence-electron chi connectivity index (χ0n) is 20.0. The molecule has 7 heteroatoms. The highest BCUT2D eigenvalue weighted by atomic mass is 32.2. The van der Waals surface area contributed by atoms with Gasteiger partial charge in [-0.2, -0.15) is 0 Å². The molecule has 33 heavy (non-hydrogen) atoms. The minimum absolute atomic E-state index is 0.0747. The first-order chi connectivity index (χ1) is 15.8. The van der Waals surface area contributed by atoms with Crippen molar-refractivity contribution in [3.63, 3.8) is 0 Å². The van der Waals surface area contributed by atoms with Gasteiger partial charge in [-0.1, -0.05) is 29.6 Å². The van der Waals surface area contributed by atoms with Gasteiger partial charge in [0.1, 0.15) is 5.75 Å². The fourth-order valence-electron chi connectivity index (χ4n) is 3.63. The van der Waals surface area contributed by atoms with Crippen molar-refractivity contribution in [3.8, 4) is 5.75 Å². The number of hydrogen-bond donors (Lipinski definition) is 0. The topological polar surface area (TPSA) is 49.9 Å². The van der Waals surface area contributed by atoms with Crippen LogP contribution in [-0.2, 0) is 9.59 Å². The molecule has 2 heterocycles. The molecule has 4 rings (SSSR count). The maximum absolute atomic E-state index is 11.2. The summed E-state index contributed by atoms with van der Waals surface area (Å²) in [6, 6.07) is 12.4. The van der Waals surface area contributed by atoms with Crippen LogP contribution >= 0.6 is 23.5 Å². The second-order valence-electron chi connectivity index (χ2n) is 7.68. The fourth-order valence-corrected chi connectivity index (χ4v) is 6.03. The number of benzene rings is 2. The molecule has 0 N–H and O–H groups in total. The smallest absolute Gasteiger partial charge is 0.155 e. The average Bonchev–Trinajstić information content (AvgIpc) is 3.28. The monoisotopic (exact) mass is 482 g/mol. The Morgan fingerprint density at radius 2 is 1.33 bits per heavy atom. The Morgan fingerprint density at radius 3 is 1.79 bits per heavy atom. The van der Waals surface area contributed by atoms with Crippen LogP contribution in [0.2, 0.25) is 0 Å². The number of fused-ring (bicyclic) bond motifs is 2. The third kappa shape index (κ3) is 5.84. The van der Waals surface area contributed by atoms with Crippen LogP contribution in [0.25, 0.3) is 0 Å². The van der Waals surface area contributed by atoms with Crippen LogP contribution in [0.4, 0.5) is 11.4 Å². The lowest BCUT2D eigenvalue weighted by Gasteiger charge is -2.18. The number of methoxy groups -OCH3 is 1. The second-order valence-corrected chi connectivity index (χ2v) is 9.81. The SMILES string of the molecule is CCN1/C(=C/C(C)=O)Sc2ccc(C)cc21.CCN1/C(=C/C(C)=O)Sc2ccc(OC)cc21. The van der Waals surface area contributed by atoms with Gasteiger partial charge in [0.15, 0.2) is 11.6 Å². The number of anilines is 2. The van der Waals surface area contributed by atoms with Crippen molar-refractivity contribution in [1.29, 1.82) is 0 Å². The summed E-state index contributed by atoms with van der Waals surface area (Å²) < 4.78 is 5.23. The molecule has 0 aromatic heterocycles. The number of carbonyl (C=O) groups excluding carboxylic acids is 2. The summed E-state index contributed by atoms with van der Waals surface area (Å²) in [6.45, 7) is 11.2. The van der Waals surface area contributed by atoms with Gasteiger partial charge in [-0.15, -0.1) is 0 Å². The van der Waals surface area contributed by atoms with Crippen LogP contribution < -0.4 is 14.5 Å². The molecule has 174 valence electrons. The molecule has 2 aromatic carbocycles. The first-order valence-electron chi connectivity index (χ1n) is 10.9. The molecular weight excluding hydrogens is 452 g/mol. The molecule has 0 radical (unpaired) electrons. The van der Waals surface area contributed by atoms with E-state index in [9.17, 15) is 9.59 Å². The zero-order chi connectivity index (χ0) is 24.1. The molecule has 0 atom stereocenters. The Hall–Kier alpha value is -2.64. The molecular formula is C26H30N2O3S2. The molecule has 0 unspecified atom stereocenters. The molecule has 0 saturated carbocycles. The highest BCUT2D eigenvalue weighted by molar-refractivity contribution is 8.04. The van der Waals surface area contributed by atoms with Crippen LogP contribution in [0, 0.1) is 6.92 Å². The van der Waals surface area contributed by atoms with Crippen LogP contribution in [0.3, 0.4) is 0 Å². The zero-order valence-corrected chi connectivity index (χ0v) is 21.6. The van der Waals surface area contributed by atoms with Crippen molar-refractivity contribution >= 4 is 46.5 Å².